The third-order valence-electron chi connectivity index (χ3n) is 3.17. The van der Waals surface area contributed by atoms with E-state index in [1.165, 1.54) is 24.2 Å². The van der Waals surface area contributed by atoms with Crippen molar-refractivity contribution in [2.24, 2.45) is 10.9 Å². The SMILES string of the molecule is CC(CC(N)=NO)n1cnc2c1CCCC2. The van der Waals surface area contributed by atoms with E-state index in [2.05, 4.69) is 21.6 Å². The first-order valence-corrected chi connectivity index (χ1v) is 5.73. The maximum absolute atomic E-state index is 8.56. The summed E-state index contributed by atoms with van der Waals surface area (Å²) in [7, 11) is 0. The molecule has 5 nitrogen and oxygen atoms in total. The first-order chi connectivity index (χ1) is 7.72. The lowest BCUT2D eigenvalue weighted by Crippen LogP contribution is -2.19. The summed E-state index contributed by atoms with van der Waals surface area (Å²) in [5.41, 5.74) is 8.07. The molecule has 0 fully saturated rings. The van der Waals surface area contributed by atoms with Crippen molar-refractivity contribution in [1.29, 1.82) is 0 Å². The van der Waals surface area contributed by atoms with Crippen molar-refractivity contribution in [2.45, 2.75) is 45.1 Å². The molecule has 1 aromatic rings. The van der Waals surface area contributed by atoms with Gasteiger partial charge in [-0.25, -0.2) is 4.98 Å². The van der Waals surface area contributed by atoms with Gasteiger partial charge in [-0.3, -0.25) is 0 Å². The average Bonchev–Trinajstić information content (AvgIpc) is 2.72. The Hall–Kier alpha value is -1.52. The molecule has 1 unspecified atom stereocenters. The van der Waals surface area contributed by atoms with E-state index in [4.69, 9.17) is 10.9 Å². The molecule has 0 spiro atoms. The first kappa shape index (κ1) is 11.0. The number of rotatable bonds is 3. The largest absolute Gasteiger partial charge is 0.409 e. The second kappa shape index (κ2) is 4.55. The topological polar surface area (TPSA) is 76.4 Å². The zero-order valence-corrected chi connectivity index (χ0v) is 9.56. The Morgan fingerprint density at radius 1 is 1.62 bits per heavy atom. The van der Waals surface area contributed by atoms with Gasteiger partial charge in [-0.15, -0.1) is 0 Å². The van der Waals surface area contributed by atoms with Crippen LogP contribution in [0.25, 0.3) is 0 Å². The summed E-state index contributed by atoms with van der Waals surface area (Å²) in [6.45, 7) is 2.06. The molecule has 0 bridgehead atoms. The van der Waals surface area contributed by atoms with E-state index in [1.807, 2.05) is 6.33 Å². The van der Waals surface area contributed by atoms with Gasteiger partial charge in [0, 0.05) is 18.2 Å². The second-order valence-electron chi connectivity index (χ2n) is 4.40. The van der Waals surface area contributed by atoms with Crippen molar-refractivity contribution in [1.82, 2.24) is 9.55 Å². The fourth-order valence-corrected chi connectivity index (χ4v) is 2.31. The number of hydrogen-bond acceptors (Lipinski definition) is 3. The van der Waals surface area contributed by atoms with Crippen LogP contribution in [0.1, 0.15) is 43.6 Å². The lowest BCUT2D eigenvalue weighted by molar-refractivity contribution is 0.315. The van der Waals surface area contributed by atoms with Crippen LogP contribution in [0, 0.1) is 0 Å². The number of fused-ring (bicyclic) bond motifs is 1. The van der Waals surface area contributed by atoms with Gasteiger partial charge in [0.05, 0.1) is 12.0 Å². The van der Waals surface area contributed by atoms with Crippen molar-refractivity contribution < 1.29 is 5.21 Å². The van der Waals surface area contributed by atoms with Gasteiger partial charge in [-0.2, -0.15) is 0 Å². The maximum Gasteiger partial charge on any atom is 0.141 e. The molecule has 1 atom stereocenters. The van der Waals surface area contributed by atoms with Crippen molar-refractivity contribution in [3.63, 3.8) is 0 Å². The van der Waals surface area contributed by atoms with Gasteiger partial charge in [0.25, 0.3) is 0 Å². The number of aromatic nitrogens is 2. The number of aryl methyl sites for hydroxylation is 1. The molecule has 2 rings (SSSR count). The highest BCUT2D eigenvalue weighted by Gasteiger charge is 2.18. The molecule has 0 saturated heterocycles. The highest BCUT2D eigenvalue weighted by atomic mass is 16.4. The van der Waals surface area contributed by atoms with Crippen molar-refractivity contribution >= 4 is 5.84 Å². The molecule has 16 heavy (non-hydrogen) atoms. The lowest BCUT2D eigenvalue weighted by atomic mass is 10.0. The predicted molar refractivity (Wildman–Crippen MR) is 61.6 cm³/mol. The van der Waals surface area contributed by atoms with Crippen molar-refractivity contribution in [3.05, 3.63) is 17.7 Å². The van der Waals surface area contributed by atoms with Crippen LogP contribution in [-0.4, -0.2) is 20.6 Å². The minimum atomic E-state index is 0.199. The quantitative estimate of drug-likeness (QED) is 0.352. The molecule has 0 saturated carbocycles. The summed E-state index contributed by atoms with van der Waals surface area (Å²) in [6.07, 6.45) is 7.08. The Balaban J connectivity index is 2.17. The summed E-state index contributed by atoms with van der Waals surface area (Å²) in [5.74, 6) is 0.269. The molecule has 88 valence electrons. The number of amidine groups is 1. The fourth-order valence-electron chi connectivity index (χ4n) is 2.31. The van der Waals surface area contributed by atoms with E-state index in [0.29, 0.717) is 6.42 Å². The van der Waals surface area contributed by atoms with Gasteiger partial charge in [0.2, 0.25) is 0 Å². The highest BCUT2D eigenvalue weighted by molar-refractivity contribution is 5.79. The van der Waals surface area contributed by atoms with Crippen LogP contribution in [0.15, 0.2) is 11.5 Å². The molecule has 0 radical (unpaired) electrons. The third kappa shape index (κ3) is 2.03. The number of hydrogen-bond donors (Lipinski definition) is 2. The molecule has 0 amide bonds. The summed E-state index contributed by atoms with van der Waals surface area (Å²) >= 11 is 0. The van der Waals surface area contributed by atoms with Gasteiger partial charge < -0.3 is 15.5 Å². The van der Waals surface area contributed by atoms with Gasteiger partial charge in [-0.1, -0.05) is 5.16 Å². The summed E-state index contributed by atoms with van der Waals surface area (Å²) < 4.78 is 2.16. The Labute approximate surface area is 95.0 Å². The Kier molecular flexibility index (Phi) is 3.12. The van der Waals surface area contributed by atoms with Crippen LogP contribution in [0.2, 0.25) is 0 Å². The molecule has 5 heteroatoms. The van der Waals surface area contributed by atoms with Crippen LogP contribution >= 0.6 is 0 Å². The Bertz CT molecular complexity index is 397. The average molecular weight is 222 g/mol. The summed E-state index contributed by atoms with van der Waals surface area (Å²) in [5, 5.41) is 11.6. The number of nitrogens with zero attached hydrogens (tertiary/aromatic N) is 3. The van der Waals surface area contributed by atoms with Gasteiger partial charge in [0.1, 0.15) is 5.84 Å². The van der Waals surface area contributed by atoms with E-state index in [1.54, 1.807) is 0 Å². The minimum absolute atomic E-state index is 0.199. The monoisotopic (exact) mass is 222 g/mol. The van der Waals surface area contributed by atoms with E-state index in [0.717, 1.165) is 12.8 Å². The van der Waals surface area contributed by atoms with Gasteiger partial charge in [-0.05, 0) is 32.6 Å². The normalized spacial score (nSPS) is 18.2. The van der Waals surface area contributed by atoms with Crippen LogP contribution in [0.5, 0.6) is 0 Å². The van der Waals surface area contributed by atoms with Gasteiger partial charge >= 0.3 is 0 Å². The van der Waals surface area contributed by atoms with Gasteiger partial charge in [0.15, 0.2) is 0 Å². The van der Waals surface area contributed by atoms with Crippen molar-refractivity contribution in [3.8, 4) is 0 Å². The second-order valence-corrected chi connectivity index (χ2v) is 4.40. The molecule has 1 heterocycles. The molecule has 1 aliphatic carbocycles. The van der Waals surface area contributed by atoms with Crippen LogP contribution in [0.4, 0.5) is 0 Å². The van der Waals surface area contributed by atoms with E-state index >= 15 is 0 Å². The number of oxime groups is 1. The van der Waals surface area contributed by atoms with Crippen LogP contribution in [-0.2, 0) is 12.8 Å². The number of imidazole rings is 1. The smallest absolute Gasteiger partial charge is 0.141 e. The standard InChI is InChI=1S/C11H18N4O/c1-8(6-11(12)14-16)15-7-13-9-4-2-3-5-10(9)15/h7-8,16H,2-6H2,1H3,(H2,12,14). The highest BCUT2D eigenvalue weighted by Crippen LogP contribution is 2.23. The molecular weight excluding hydrogens is 204 g/mol. The molecule has 1 aliphatic rings. The van der Waals surface area contributed by atoms with Crippen LogP contribution in [0.3, 0.4) is 0 Å². The third-order valence-corrected chi connectivity index (χ3v) is 3.17. The predicted octanol–water partition coefficient (Wildman–Crippen LogP) is 1.46. The van der Waals surface area contributed by atoms with E-state index in [-0.39, 0.29) is 11.9 Å². The van der Waals surface area contributed by atoms with E-state index < -0.39 is 0 Å². The summed E-state index contributed by atoms with van der Waals surface area (Å²) in [6, 6.07) is 0.199. The minimum Gasteiger partial charge on any atom is -0.409 e. The Morgan fingerprint density at radius 3 is 3.12 bits per heavy atom. The molecule has 0 aromatic carbocycles. The molecular formula is C11H18N4O. The van der Waals surface area contributed by atoms with Crippen molar-refractivity contribution in [2.75, 3.05) is 0 Å². The maximum atomic E-state index is 8.56. The Morgan fingerprint density at radius 2 is 2.38 bits per heavy atom. The summed E-state index contributed by atoms with van der Waals surface area (Å²) in [4.78, 5) is 4.43. The van der Waals surface area contributed by atoms with E-state index in [9.17, 15) is 0 Å². The number of nitrogens with two attached hydrogens (primary N) is 1. The van der Waals surface area contributed by atoms with Crippen LogP contribution < -0.4 is 5.73 Å². The molecule has 1 aromatic heterocycles. The molecule has 0 aliphatic heterocycles. The lowest BCUT2D eigenvalue weighted by Gasteiger charge is -2.19. The fraction of sp³-hybridized carbons (Fsp3) is 0.636. The zero-order chi connectivity index (χ0) is 11.5. The molecule has 3 N–H and O–H groups in total. The first-order valence-electron chi connectivity index (χ1n) is 5.73. The zero-order valence-electron chi connectivity index (χ0n) is 9.56.